The third kappa shape index (κ3) is 3.49. The zero-order valence-corrected chi connectivity index (χ0v) is 14.8. The van der Waals surface area contributed by atoms with Crippen molar-refractivity contribution in [3.8, 4) is 11.5 Å². The molecule has 0 spiro atoms. The van der Waals surface area contributed by atoms with Crippen LogP contribution in [0.4, 0.5) is 5.69 Å². The molecule has 1 aliphatic rings. The minimum Gasteiger partial charge on any atom is -0.507 e. The summed E-state index contributed by atoms with van der Waals surface area (Å²) in [5.74, 6) is -0.863. The summed E-state index contributed by atoms with van der Waals surface area (Å²) in [4.78, 5) is 26.8. The predicted molar refractivity (Wildman–Crippen MR) is 96.7 cm³/mol. The van der Waals surface area contributed by atoms with E-state index in [4.69, 9.17) is 9.47 Å². The van der Waals surface area contributed by atoms with Gasteiger partial charge in [0.2, 0.25) is 0 Å². The number of phenols is 1. The fourth-order valence-corrected chi connectivity index (χ4v) is 3.06. The maximum Gasteiger partial charge on any atom is 0.342 e. The maximum atomic E-state index is 12.8. The highest BCUT2D eigenvalue weighted by atomic mass is 16.5. The lowest BCUT2D eigenvalue weighted by Crippen LogP contribution is -2.42. The average molecular weight is 355 g/mol. The molecular weight excluding hydrogens is 334 g/mol. The van der Waals surface area contributed by atoms with E-state index in [-0.39, 0.29) is 17.2 Å². The fraction of sp³-hybridized carbons (Fsp3) is 0.300. The SMILES string of the molecule is COc1ccc(O)c(C(=O)OC(C)C(=O)N2CCCc3ccccc32)c1. The number of phenolic OH excluding ortho intramolecular Hbond substituents is 1. The highest BCUT2D eigenvalue weighted by Gasteiger charge is 2.29. The van der Waals surface area contributed by atoms with E-state index in [1.165, 1.54) is 32.2 Å². The summed E-state index contributed by atoms with van der Waals surface area (Å²) in [5.41, 5.74) is 1.93. The van der Waals surface area contributed by atoms with E-state index in [1.54, 1.807) is 4.90 Å². The van der Waals surface area contributed by atoms with Crippen molar-refractivity contribution in [2.45, 2.75) is 25.9 Å². The number of anilines is 1. The van der Waals surface area contributed by atoms with Crippen LogP contribution in [0.2, 0.25) is 0 Å². The van der Waals surface area contributed by atoms with Gasteiger partial charge in [-0.1, -0.05) is 18.2 Å². The number of fused-ring (bicyclic) bond motifs is 1. The first-order valence-corrected chi connectivity index (χ1v) is 8.48. The van der Waals surface area contributed by atoms with Crippen LogP contribution in [0.15, 0.2) is 42.5 Å². The molecule has 3 rings (SSSR count). The average Bonchev–Trinajstić information content (AvgIpc) is 2.67. The van der Waals surface area contributed by atoms with E-state index in [0.717, 1.165) is 24.1 Å². The molecule has 26 heavy (non-hydrogen) atoms. The number of methoxy groups -OCH3 is 1. The Labute approximate surface area is 152 Å². The Morgan fingerprint density at radius 3 is 2.73 bits per heavy atom. The molecule has 1 aliphatic heterocycles. The molecule has 1 heterocycles. The molecular formula is C20H21NO5. The molecule has 1 unspecified atom stereocenters. The minimum atomic E-state index is -0.973. The fourth-order valence-electron chi connectivity index (χ4n) is 3.06. The van der Waals surface area contributed by atoms with Crippen LogP contribution < -0.4 is 9.64 Å². The van der Waals surface area contributed by atoms with Crippen molar-refractivity contribution in [1.82, 2.24) is 0 Å². The Bertz CT molecular complexity index is 833. The molecule has 1 amide bonds. The van der Waals surface area contributed by atoms with E-state index in [1.807, 2.05) is 24.3 Å². The second-order valence-electron chi connectivity index (χ2n) is 6.15. The number of carbonyl (C=O) groups excluding carboxylic acids is 2. The Morgan fingerprint density at radius 2 is 1.96 bits per heavy atom. The first kappa shape index (κ1) is 17.8. The van der Waals surface area contributed by atoms with E-state index < -0.39 is 12.1 Å². The van der Waals surface area contributed by atoms with Crippen LogP contribution in [0.1, 0.15) is 29.3 Å². The van der Waals surface area contributed by atoms with Crippen LogP contribution in [0, 0.1) is 0 Å². The number of hydrogen-bond acceptors (Lipinski definition) is 5. The van der Waals surface area contributed by atoms with Crippen molar-refractivity contribution in [2.24, 2.45) is 0 Å². The van der Waals surface area contributed by atoms with Crippen molar-refractivity contribution in [3.63, 3.8) is 0 Å². The zero-order valence-electron chi connectivity index (χ0n) is 14.8. The number of para-hydroxylation sites is 1. The number of carbonyl (C=O) groups is 2. The van der Waals surface area contributed by atoms with E-state index in [9.17, 15) is 14.7 Å². The molecule has 1 N–H and O–H groups in total. The number of rotatable bonds is 4. The Balaban J connectivity index is 1.75. The number of aryl methyl sites for hydroxylation is 1. The van der Waals surface area contributed by atoms with Crippen molar-refractivity contribution in [1.29, 1.82) is 0 Å². The van der Waals surface area contributed by atoms with Gasteiger partial charge in [-0.05, 0) is 49.6 Å². The van der Waals surface area contributed by atoms with Crippen molar-refractivity contribution in [3.05, 3.63) is 53.6 Å². The third-order valence-corrected chi connectivity index (χ3v) is 4.43. The van der Waals surface area contributed by atoms with Gasteiger partial charge < -0.3 is 19.5 Å². The molecule has 0 radical (unpaired) electrons. The Morgan fingerprint density at radius 1 is 1.19 bits per heavy atom. The summed E-state index contributed by atoms with van der Waals surface area (Å²) in [5, 5.41) is 9.88. The van der Waals surface area contributed by atoms with Gasteiger partial charge >= 0.3 is 5.97 Å². The topological polar surface area (TPSA) is 76.1 Å². The molecule has 2 aromatic rings. The molecule has 6 nitrogen and oxygen atoms in total. The number of amides is 1. The molecule has 0 fully saturated rings. The van der Waals surface area contributed by atoms with E-state index >= 15 is 0 Å². The maximum absolute atomic E-state index is 12.8. The lowest BCUT2D eigenvalue weighted by atomic mass is 10.0. The van der Waals surface area contributed by atoms with Crippen molar-refractivity contribution >= 4 is 17.6 Å². The van der Waals surface area contributed by atoms with Gasteiger partial charge in [-0.15, -0.1) is 0 Å². The zero-order chi connectivity index (χ0) is 18.7. The second-order valence-corrected chi connectivity index (χ2v) is 6.15. The van der Waals surface area contributed by atoms with Crippen LogP contribution in [-0.4, -0.2) is 36.7 Å². The second kappa shape index (κ2) is 7.47. The van der Waals surface area contributed by atoms with Crippen LogP contribution in [-0.2, 0) is 16.0 Å². The van der Waals surface area contributed by atoms with Crippen LogP contribution in [0.5, 0.6) is 11.5 Å². The van der Waals surface area contributed by atoms with Gasteiger partial charge in [-0.3, -0.25) is 4.79 Å². The molecule has 2 aromatic carbocycles. The van der Waals surface area contributed by atoms with Gasteiger partial charge in [0.1, 0.15) is 17.1 Å². The summed E-state index contributed by atoms with van der Waals surface area (Å²) in [6, 6.07) is 12.0. The molecule has 0 bridgehead atoms. The van der Waals surface area contributed by atoms with Gasteiger partial charge in [-0.25, -0.2) is 4.79 Å². The molecule has 1 atom stereocenters. The standard InChI is InChI=1S/C20H21NO5/c1-13(26-20(24)16-12-15(25-2)9-10-18(16)22)19(23)21-11-5-7-14-6-3-4-8-17(14)21/h3-4,6,8-10,12-13,22H,5,7,11H2,1-2H3. The van der Waals surface area contributed by atoms with Gasteiger partial charge in [0.25, 0.3) is 5.91 Å². The molecule has 0 saturated carbocycles. The summed E-state index contributed by atoms with van der Waals surface area (Å²) >= 11 is 0. The largest absolute Gasteiger partial charge is 0.507 e. The summed E-state index contributed by atoms with van der Waals surface area (Å²) in [6.07, 6.45) is 0.811. The van der Waals surface area contributed by atoms with E-state index in [2.05, 4.69) is 0 Å². The summed E-state index contributed by atoms with van der Waals surface area (Å²) < 4.78 is 10.4. The number of esters is 1. The number of nitrogens with zero attached hydrogens (tertiary/aromatic N) is 1. The highest BCUT2D eigenvalue weighted by Crippen LogP contribution is 2.28. The minimum absolute atomic E-state index is 0.0388. The lowest BCUT2D eigenvalue weighted by Gasteiger charge is -2.31. The normalized spacial score (nSPS) is 14.3. The first-order valence-electron chi connectivity index (χ1n) is 8.48. The van der Waals surface area contributed by atoms with Crippen molar-refractivity contribution < 1.29 is 24.2 Å². The number of aromatic hydroxyl groups is 1. The molecule has 136 valence electrons. The number of benzene rings is 2. The monoisotopic (exact) mass is 355 g/mol. The first-order chi connectivity index (χ1) is 12.5. The quantitative estimate of drug-likeness (QED) is 0.854. The molecule has 0 aromatic heterocycles. The van der Waals surface area contributed by atoms with Crippen LogP contribution in [0.25, 0.3) is 0 Å². The summed E-state index contributed by atoms with van der Waals surface area (Å²) in [7, 11) is 1.46. The number of ether oxygens (including phenoxy) is 2. The highest BCUT2D eigenvalue weighted by molar-refractivity contribution is 6.00. The van der Waals surface area contributed by atoms with E-state index in [0.29, 0.717) is 12.3 Å². The number of hydrogen-bond donors (Lipinski definition) is 1. The van der Waals surface area contributed by atoms with Gasteiger partial charge in [0, 0.05) is 12.2 Å². The Kier molecular flexibility index (Phi) is 5.11. The molecule has 0 aliphatic carbocycles. The third-order valence-electron chi connectivity index (χ3n) is 4.43. The molecule has 6 heteroatoms. The van der Waals surface area contributed by atoms with Gasteiger partial charge in [0.05, 0.1) is 7.11 Å². The smallest absolute Gasteiger partial charge is 0.342 e. The molecule has 0 saturated heterocycles. The van der Waals surface area contributed by atoms with Crippen LogP contribution >= 0.6 is 0 Å². The lowest BCUT2D eigenvalue weighted by molar-refractivity contribution is -0.126. The van der Waals surface area contributed by atoms with Crippen molar-refractivity contribution in [2.75, 3.05) is 18.6 Å². The Hall–Kier alpha value is -3.02. The van der Waals surface area contributed by atoms with Gasteiger partial charge in [-0.2, -0.15) is 0 Å². The van der Waals surface area contributed by atoms with Crippen LogP contribution in [0.3, 0.4) is 0 Å². The summed E-state index contributed by atoms with van der Waals surface area (Å²) in [6.45, 7) is 2.12. The predicted octanol–water partition coefficient (Wildman–Crippen LogP) is 2.93. The van der Waals surface area contributed by atoms with Gasteiger partial charge in [0.15, 0.2) is 6.10 Å².